The van der Waals surface area contributed by atoms with Gasteiger partial charge in [-0.05, 0) is 31.0 Å². The van der Waals surface area contributed by atoms with Gasteiger partial charge in [-0.3, -0.25) is 4.79 Å². The van der Waals surface area contributed by atoms with Crippen molar-refractivity contribution >= 4 is 32.4 Å². The van der Waals surface area contributed by atoms with Crippen molar-refractivity contribution in [3.63, 3.8) is 0 Å². The molecule has 2 aliphatic heterocycles. The fourth-order valence-corrected chi connectivity index (χ4v) is 5.72. The van der Waals surface area contributed by atoms with Gasteiger partial charge in [-0.2, -0.15) is 4.31 Å². The third-order valence-electron chi connectivity index (χ3n) is 5.06. The molecule has 2 N–H and O–H groups in total. The van der Waals surface area contributed by atoms with E-state index in [2.05, 4.69) is 0 Å². The average Bonchev–Trinajstić information content (AvgIpc) is 3.16. The minimum Gasteiger partial charge on any atom is -0.329 e. The predicted octanol–water partition coefficient (Wildman–Crippen LogP) is 1.54. The lowest BCUT2D eigenvalue weighted by atomic mass is 10.1. The fourth-order valence-electron chi connectivity index (χ4n) is 3.82. The Labute approximate surface area is 140 Å². The zero-order valence-electron chi connectivity index (χ0n) is 13.4. The maximum Gasteiger partial charge on any atom is 0.258 e. The molecule has 24 heavy (non-hydrogen) atoms. The summed E-state index contributed by atoms with van der Waals surface area (Å²) < 4.78 is 27.9. The van der Waals surface area contributed by atoms with E-state index in [0.29, 0.717) is 24.0 Å². The van der Waals surface area contributed by atoms with E-state index in [0.717, 1.165) is 23.9 Å². The minimum atomic E-state index is -3.64. The van der Waals surface area contributed by atoms with Gasteiger partial charge in [0.05, 0.1) is 10.6 Å². The van der Waals surface area contributed by atoms with Gasteiger partial charge < -0.3 is 10.6 Å². The van der Waals surface area contributed by atoms with Gasteiger partial charge in [0.1, 0.15) is 0 Å². The SMILES string of the molecule is CN1C(=O)c2cccc3c(S(=O)(=O)N4CCCC4CN)ccc1c23. The molecule has 4 rings (SSSR count). The number of nitrogens with two attached hydrogens (primary N) is 1. The summed E-state index contributed by atoms with van der Waals surface area (Å²) >= 11 is 0. The first kappa shape index (κ1) is 15.6. The third-order valence-corrected chi connectivity index (χ3v) is 7.07. The number of hydrogen-bond acceptors (Lipinski definition) is 4. The average molecular weight is 345 g/mol. The summed E-state index contributed by atoms with van der Waals surface area (Å²) in [6, 6.07) is 8.43. The summed E-state index contributed by atoms with van der Waals surface area (Å²) in [6.07, 6.45) is 1.61. The van der Waals surface area contributed by atoms with Crippen LogP contribution in [-0.4, -0.2) is 44.8 Å². The summed E-state index contributed by atoms with van der Waals surface area (Å²) in [4.78, 5) is 14.2. The highest BCUT2D eigenvalue weighted by Crippen LogP contribution is 2.40. The van der Waals surface area contributed by atoms with Crippen LogP contribution in [0.25, 0.3) is 10.8 Å². The van der Waals surface area contributed by atoms with Gasteiger partial charge in [0.25, 0.3) is 5.91 Å². The molecular weight excluding hydrogens is 326 g/mol. The van der Waals surface area contributed by atoms with Gasteiger partial charge in [0.15, 0.2) is 0 Å². The van der Waals surface area contributed by atoms with Crippen LogP contribution in [0, 0.1) is 0 Å². The van der Waals surface area contributed by atoms with E-state index in [4.69, 9.17) is 5.73 Å². The largest absolute Gasteiger partial charge is 0.329 e. The number of carbonyl (C=O) groups excluding carboxylic acids is 1. The number of amides is 1. The molecule has 0 aromatic heterocycles. The van der Waals surface area contributed by atoms with Gasteiger partial charge in [0, 0.05) is 42.5 Å². The van der Waals surface area contributed by atoms with Gasteiger partial charge in [-0.1, -0.05) is 12.1 Å². The van der Waals surface area contributed by atoms with Crippen molar-refractivity contribution < 1.29 is 13.2 Å². The first-order valence-electron chi connectivity index (χ1n) is 8.02. The van der Waals surface area contributed by atoms with Crippen molar-refractivity contribution in [3.8, 4) is 0 Å². The zero-order chi connectivity index (χ0) is 17.1. The van der Waals surface area contributed by atoms with E-state index in [-0.39, 0.29) is 16.8 Å². The highest BCUT2D eigenvalue weighted by atomic mass is 32.2. The molecule has 0 aliphatic carbocycles. The van der Waals surface area contributed by atoms with Crippen molar-refractivity contribution in [3.05, 3.63) is 35.9 Å². The molecule has 7 heteroatoms. The Morgan fingerprint density at radius 1 is 1.25 bits per heavy atom. The van der Waals surface area contributed by atoms with Crippen molar-refractivity contribution in [2.45, 2.75) is 23.8 Å². The Morgan fingerprint density at radius 3 is 2.79 bits per heavy atom. The molecule has 126 valence electrons. The van der Waals surface area contributed by atoms with Gasteiger partial charge in [0.2, 0.25) is 10.0 Å². The Balaban J connectivity index is 1.95. The predicted molar refractivity (Wildman–Crippen MR) is 92.6 cm³/mol. The second kappa shape index (κ2) is 5.27. The van der Waals surface area contributed by atoms with E-state index in [1.807, 2.05) is 0 Å². The lowest BCUT2D eigenvalue weighted by molar-refractivity contribution is 0.0999. The van der Waals surface area contributed by atoms with Crippen LogP contribution < -0.4 is 10.6 Å². The van der Waals surface area contributed by atoms with E-state index in [9.17, 15) is 13.2 Å². The summed E-state index contributed by atoms with van der Waals surface area (Å²) in [5, 5.41) is 1.32. The molecule has 2 aliphatic rings. The number of nitrogens with zero attached hydrogens (tertiary/aromatic N) is 2. The van der Waals surface area contributed by atoms with Gasteiger partial charge in [-0.25, -0.2) is 8.42 Å². The number of benzene rings is 2. The Kier molecular flexibility index (Phi) is 3.42. The molecule has 2 aromatic carbocycles. The van der Waals surface area contributed by atoms with Crippen LogP contribution in [0.3, 0.4) is 0 Å². The van der Waals surface area contributed by atoms with Crippen LogP contribution in [0.5, 0.6) is 0 Å². The molecule has 0 bridgehead atoms. The fraction of sp³-hybridized carbons (Fsp3) is 0.353. The van der Waals surface area contributed by atoms with Crippen molar-refractivity contribution in [2.24, 2.45) is 5.73 Å². The number of hydrogen-bond donors (Lipinski definition) is 1. The van der Waals surface area contributed by atoms with Crippen LogP contribution in [0.2, 0.25) is 0 Å². The maximum atomic E-state index is 13.2. The van der Waals surface area contributed by atoms with E-state index < -0.39 is 10.0 Å². The molecule has 2 aromatic rings. The van der Waals surface area contributed by atoms with Crippen LogP contribution in [0.15, 0.2) is 35.2 Å². The monoisotopic (exact) mass is 345 g/mol. The quantitative estimate of drug-likeness (QED) is 0.915. The lowest BCUT2D eigenvalue weighted by Crippen LogP contribution is -2.39. The minimum absolute atomic E-state index is 0.105. The molecule has 1 saturated heterocycles. The molecule has 1 fully saturated rings. The first-order chi connectivity index (χ1) is 11.5. The molecular formula is C17H19N3O3S. The van der Waals surface area contributed by atoms with Crippen LogP contribution >= 0.6 is 0 Å². The molecule has 6 nitrogen and oxygen atoms in total. The Morgan fingerprint density at radius 2 is 2.04 bits per heavy atom. The van der Waals surface area contributed by atoms with E-state index >= 15 is 0 Å². The molecule has 0 radical (unpaired) electrons. The van der Waals surface area contributed by atoms with Crippen molar-refractivity contribution in [1.29, 1.82) is 0 Å². The lowest BCUT2D eigenvalue weighted by Gasteiger charge is -2.24. The smallest absolute Gasteiger partial charge is 0.258 e. The van der Waals surface area contributed by atoms with Gasteiger partial charge >= 0.3 is 0 Å². The molecule has 1 atom stereocenters. The van der Waals surface area contributed by atoms with Crippen LogP contribution in [0.4, 0.5) is 5.69 Å². The summed E-state index contributed by atoms with van der Waals surface area (Å²) in [6.45, 7) is 0.813. The summed E-state index contributed by atoms with van der Waals surface area (Å²) in [7, 11) is -1.94. The zero-order valence-corrected chi connectivity index (χ0v) is 14.2. The summed E-state index contributed by atoms with van der Waals surface area (Å²) in [5.41, 5.74) is 7.05. The number of carbonyl (C=O) groups is 1. The maximum absolute atomic E-state index is 13.2. The summed E-state index contributed by atoms with van der Waals surface area (Å²) in [5.74, 6) is -0.105. The normalized spacial score (nSPS) is 21.2. The second-order valence-corrected chi connectivity index (χ2v) is 8.18. The van der Waals surface area contributed by atoms with E-state index in [1.165, 1.54) is 4.31 Å². The molecule has 0 saturated carbocycles. The molecule has 1 unspecified atom stereocenters. The topological polar surface area (TPSA) is 83.7 Å². The molecule has 0 spiro atoms. The second-order valence-electron chi connectivity index (χ2n) is 6.32. The molecule has 1 amide bonds. The van der Waals surface area contributed by atoms with E-state index in [1.54, 1.807) is 42.3 Å². The molecule has 2 heterocycles. The number of sulfonamides is 1. The standard InChI is InChI=1S/C17H19N3O3S/c1-19-14-7-8-15(12-5-2-6-13(16(12)14)17(19)21)24(22,23)20-9-3-4-11(20)10-18/h2,5-8,11H,3-4,9-10,18H2,1H3. The van der Waals surface area contributed by atoms with Crippen LogP contribution in [0.1, 0.15) is 23.2 Å². The Bertz CT molecular complexity index is 955. The Hall–Kier alpha value is -1.96. The number of rotatable bonds is 3. The highest BCUT2D eigenvalue weighted by molar-refractivity contribution is 7.89. The highest BCUT2D eigenvalue weighted by Gasteiger charge is 2.37. The van der Waals surface area contributed by atoms with Crippen LogP contribution in [-0.2, 0) is 10.0 Å². The van der Waals surface area contributed by atoms with Crippen molar-refractivity contribution in [1.82, 2.24) is 4.31 Å². The van der Waals surface area contributed by atoms with Crippen molar-refractivity contribution in [2.75, 3.05) is 25.0 Å². The first-order valence-corrected chi connectivity index (χ1v) is 9.46. The third kappa shape index (κ3) is 1.95. The number of anilines is 1. The van der Waals surface area contributed by atoms with Gasteiger partial charge in [-0.15, -0.1) is 0 Å².